The Labute approximate surface area is 102 Å². The van der Waals surface area contributed by atoms with Crippen molar-refractivity contribution in [3.8, 4) is 0 Å². The van der Waals surface area contributed by atoms with E-state index in [0.717, 1.165) is 19.5 Å². The number of hydrogen-bond acceptors (Lipinski definition) is 2. The molecule has 1 aromatic carbocycles. The third-order valence-electron chi connectivity index (χ3n) is 3.17. The summed E-state index contributed by atoms with van der Waals surface area (Å²) < 4.78 is 0. The van der Waals surface area contributed by atoms with Crippen LogP contribution in [0.1, 0.15) is 12.5 Å². The molecule has 0 aliphatic carbocycles. The molecule has 0 fully saturated rings. The average Bonchev–Trinajstić information content (AvgIpc) is 2.37. The van der Waals surface area contributed by atoms with Gasteiger partial charge in [0.05, 0.1) is 6.04 Å². The summed E-state index contributed by atoms with van der Waals surface area (Å²) in [4.78, 5) is 13.4. The number of benzene rings is 1. The summed E-state index contributed by atoms with van der Waals surface area (Å²) >= 11 is 0. The number of carbonyl (C=O) groups is 1. The molecule has 0 saturated carbocycles. The fourth-order valence-corrected chi connectivity index (χ4v) is 1.97. The van der Waals surface area contributed by atoms with Crippen molar-refractivity contribution in [3.63, 3.8) is 0 Å². The minimum absolute atomic E-state index is 0.00122. The van der Waals surface area contributed by atoms with E-state index in [1.807, 2.05) is 19.1 Å². The van der Waals surface area contributed by atoms with Crippen molar-refractivity contribution in [1.29, 1.82) is 0 Å². The van der Waals surface area contributed by atoms with Gasteiger partial charge in [-0.25, -0.2) is 4.79 Å². The van der Waals surface area contributed by atoms with E-state index in [-0.39, 0.29) is 12.1 Å². The maximum atomic E-state index is 11.7. The molecule has 4 heteroatoms. The van der Waals surface area contributed by atoms with Crippen LogP contribution in [-0.4, -0.2) is 37.1 Å². The first-order valence-corrected chi connectivity index (χ1v) is 6.04. The Balaban J connectivity index is 1.96. The van der Waals surface area contributed by atoms with E-state index in [9.17, 15) is 4.79 Å². The van der Waals surface area contributed by atoms with Gasteiger partial charge in [0.2, 0.25) is 0 Å². The Bertz CT molecular complexity index is 405. The number of rotatable bonds is 2. The summed E-state index contributed by atoms with van der Waals surface area (Å²) in [6.07, 6.45) is 0.895. The Kier molecular flexibility index (Phi) is 3.52. The molecule has 1 aliphatic rings. The molecule has 0 saturated heterocycles. The second-order valence-electron chi connectivity index (χ2n) is 4.40. The van der Waals surface area contributed by atoms with E-state index in [1.54, 1.807) is 11.9 Å². The third-order valence-corrected chi connectivity index (χ3v) is 3.17. The highest BCUT2D eigenvalue weighted by Gasteiger charge is 2.20. The van der Waals surface area contributed by atoms with E-state index >= 15 is 0 Å². The lowest BCUT2D eigenvalue weighted by Gasteiger charge is -2.28. The first-order valence-electron chi connectivity index (χ1n) is 6.04. The van der Waals surface area contributed by atoms with Crippen LogP contribution < -0.4 is 10.6 Å². The van der Waals surface area contributed by atoms with E-state index in [4.69, 9.17) is 0 Å². The van der Waals surface area contributed by atoms with Crippen LogP contribution in [0.3, 0.4) is 0 Å². The molecule has 1 atom stereocenters. The third kappa shape index (κ3) is 2.70. The number of para-hydroxylation sites is 1. The van der Waals surface area contributed by atoms with Crippen LogP contribution >= 0.6 is 0 Å². The fourth-order valence-electron chi connectivity index (χ4n) is 1.97. The highest BCUT2D eigenvalue weighted by atomic mass is 16.2. The van der Waals surface area contributed by atoms with Crippen molar-refractivity contribution in [2.75, 3.05) is 25.5 Å². The highest BCUT2D eigenvalue weighted by molar-refractivity contribution is 5.74. The maximum absolute atomic E-state index is 11.7. The number of anilines is 1. The van der Waals surface area contributed by atoms with Gasteiger partial charge in [0.25, 0.3) is 0 Å². The first kappa shape index (κ1) is 11.8. The largest absolute Gasteiger partial charge is 0.383 e. The molecule has 1 aliphatic heterocycles. The molecular formula is C13H19N3O. The topological polar surface area (TPSA) is 44.4 Å². The van der Waals surface area contributed by atoms with Gasteiger partial charge in [-0.15, -0.1) is 0 Å². The maximum Gasteiger partial charge on any atom is 0.317 e. The Hall–Kier alpha value is -1.71. The van der Waals surface area contributed by atoms with Gasteiger partial charge in [0, 0.05) is 25.8 Å². The van der Waals surface area contributed by atoms with Crippen molar-refractivity contribution in [2.24, 2.45) is 0 Å². The molecule has 0 bridgehead atoms. The molecule has 92 valence electrons. The number of urea groups is 1. The molecule has 1 heterocycles. The molecule has 1 aromatic rings. The average molecular weight is 233 g/mol. The summed E-state index contributed by atoms with van der Waals surface area (Å²) in [6, 6.07) is 8.40. The van der Waals surface area contributed by atoms with Gasteiger partial charge in [-0.2, -0.15) is 0 Å². The van der Waals surface area contributed by atoms with Gasteiger partial charge in [-0.1, -0.05) is 18.2 Å². The summed E-state index contributed by atoms with van der Waals surface area (Å²) in [5, 5.41) is 6.38. The number of nitrogens with zero attached hydrogens (tertiary/aromatic N) is 1. The lowest BCUT2D eigenvalue weighted by atomic mass is 10.00. The molecule has 2 amide bonds. The monoisotopic (exact) mass is 233 g/mol. The number of hydrogen-bond donors (Lipinski definition) is 2. The second-order valence-corrected chi connectivity index (χ2v) is 4.40. The van der Waals surface area contributed by atoms with E-state index in [1.165, 1.54) is 11.3 Å². The van der Waals surface area contributed by atoms with E-state index in [0.29, 0.717) is 0 Å². The predicted molar refractivity (Wildman–Crippen MR) is 69.3 cm³/mol. The van der Waals surface area contributed by atoms with Crippen molar-refractivity contribution in [1.82, 2.24) is 10.2 Å². The molecule has 2 N–H and O–H groups in total. The second kappa shape index (κ2) is 5.08. The van der Waals surface area contributed by atoms with Gasteiger partial charge < -0.3 is 15.5 Å². The first-order chi connectivity index (χ1) is 8.20. The van der Waals surface area contributed by atoms with Gasteiger partial charge in [0.15, 0.2) is 0 Å². The highest BCUT2D eigenvalue weighted by Crippen LogP contribution is 2.20. The zero-order valence-electron chi connectivity index (χ0n) is 10.4. The summed E-state index contributed by atoms with van der Waals surface area (Å²) in [7, 11) is 1.81. The van der Waals surface area contributed by atoms with Crippen molar-refractivity contribution < 1.29 is 4.79 Å². The van der Waals surface area contributed by atoms with Gasteiger partial charge in [-0.3, -0.25) is 0 Å². The number of nitrogens with one attached hydrogen (secondary N) is 2. The zero-order valence-corrected chi connectivity index (χ0v) is 10.4. The van der Waals surface area contributed by atoms with Crippen molar-refractivity contribution >= 4 is 11.7 Å². The molecule has 2 rings (SSSR count). The number of carbonyl (C=O) groups excluding carboxylic acids is 1. The smallest absolute Gasteiger partial charge is 0.317 e. The lowest BCUT2D eigenvalue weighted by molar-refractivity contribution is 0.207. The van der Waals surface area contributed by atoms with Gasteiger partial charge in [0.1, 0.15) is 0 Å². The van der Waals surface area contributed by atoms with Crippen molar-refractivity contribution in [3.05, 3.63) is 29.8 Å². The van der Waals surface area contributed by atoms with Gasteiger partial charge >= 0.3 is 6.03 Å². The Morgan fingerprint density at radius 2 is 2.29 bits per heavy atom. The van der Waals surface area contributed by atoms with Crippen LogP contribution in [0.4, 0.5) is 10.5 Å². The Morgan fingerprint density at radius 1 is 1.53 bits per heavy atom. The standard InChI is InChI=1S/C13H19N3O/c1-3-16(2)13(17)15-11-8-10-6-4-5-7-12(10)14-9-11/h4-7,11,14H,3,8-9H2,1-2H3,(H,15,17). The summed E-state index contributed by atoms with van der Waals surface area (Å²) in [6.45, 7) is 3.48. The molecule has 17 heavy (non-hydrogen) atoms. The quantitative estimate of drug-likeness (QED) is 0.816. The molecule has 4 nitrogen and oxygen atoms in total. The SMILES string of the molecule is CCN(C)C(=O)NC1CNc2ccccc2C1. The normalized spacial score (nSPS) is 17.9. The van der Waals surface area contributed by atoms with Crippen LogP contribution in [0.25, 0.3) is 0 Å². The molecule has 0 spiro atoms. The molecule has 0 radical (unpaired) electrons. The molecule has 1 unspecified atom stereocenters. The van der Waals surface area contributed by atoms with Crippen LogP contribution in [0.2, 0.25) is 0 Å². The minimum Gasteiger partial charge on any atom is -0.383 e. The Morgan fingerprint density at radius 3 is 3.06 bits per heavy atom. The van der Waals surface area contributed by atoms with E-state index < -0.39 is 0 Å². The lowest BCUT2D eigenvalue weighted by Crippen LogP contribution is -2.48. The number of fused-ring (bicyclic) bond motifs is 1. The minimum atomic E-state index is -0.00122. The van der Waals surface area contributed by atoms with Crippen LogP contribution in [0.15, 0.2) is 24.3 Å². The van der Waals surface area contributed by atoms with Crippen LogP contribution in [-0.2, 0) is 6.42 Å². The molecule has 0 aromatic heterocycles. The number of amides is 2. The van der Waals surface area contributed by atoms with E-state index in [2.05, 4.69) is 22.8 Å². The zero-order chi connectivity index (χ0) is 12.3. The predicted octanol–water partition coefficient (Wildman–Crippen LogP) is 1.68. The summed E-state index contributed by atoms with van der Waals surface area (Å²) in [5.41, 5.74) is 2.45. The fraction of sp³-hybridized carbons (Fsp3) is 0.462. The van der Waals surface area contributed by atoms with Crippen LogP contribution in [0, 0.1) is 0 Å². The van der Waals surface area contributed by atoms with Gasteiger partial charge in [-0.05, 0) is 25.0 Å². The molecular weight excluding hydrogens is 214 g/mol. The van der Waals surface area contributed by atoms with Crippen LogP contribution in [0.5, 0.6) is 0 Å². The summed E-state index contributed by atoms with van der Waals surface area (Å²) in [5.74, 6) is 0. The van der Waals surface area contributed by atoms with Crippen molar-refractivity contribution in [2.45, 2.75) is 19.4 Å².